The van der Waals surface area contributed by atoms with Crippen LogP contribution in [-0.2, 0) is 4.79 Å². The number of aromatic nitrogens is 3. The lowest BCUT2D eigenvalue weighted by atomic mass is 10.0. The number of rotatable bonds is 5. The van der Waals surface area contributed by atoms with Gasteiger partial charge in [0.2, 0.25) is 5.88 Å². The molecule has 0 aromatic carbocycles. The molecule has 0 radical (unpaired) electrons. The fourth-order valence-electron chi connectivity index (χ4n) is 2.90. The Morgan fingerprint density at radius 3 is 2.19 bits per heavy atom. The van der Waals surface area contributed by atoms with Crippen molar-refractivity contribution in [3.05, 3.63) is 59.1 Å². The molecule has 3 aromatic rings. The molecule has 0 aliphatic heterocycles. The lowest BCUT2D eigenvalue weighted by Crippen LogP contribution is -2.01. The van der Waals surface area contributed by atoms with Crippen LogP contribution < -0.4 is 15.2 Å². The van der Waals surface area contributed by atoms with Crippen molar-refractivity contribution in [3.63, 3.8) is 0 Å². The van der Waals surface area contributed by atoms with Gasteiger partial charge in [-0.25, -0.2) is 9.97 Å². The van der Waals surface area contributed by atoms with Crippen molar-refractivity contribution in [1.29, 1.82) is 0 Å². The van der Waals surface area contributed by atoms with E-state index in [-0.39, 0.29) is 17.4 Å². The summed E-state index contributed by atoms with van der Waals surface area (Å²) in [4.78, 5) is 38.2. The van der Waals surface area contributed by atoms with Crippen molar-refractivity contribution >= 4 is 39.7 Å². The third-order valence-corrected chi connectivity index (χ3v) is 4.45. The lowest BCUT2D eigenvalue weighted by Gasteiger charge is -2.06. The molecule has 9 nitrogen and oxygen atoms in total. The summed E-state index contributed by atoms with van der Waals surface area (Å²) in [5, 5.41) is 0.695. The van der Waals surface area contributed by atoms with Crippen molar-refractivity contribution < 1.29 is 19.1 Å². The predicted molar refractivity (Wildman–Crippen MR) is 122 cm³/mol. The maximum absolute atomic E-state index is 11.4. The number of allylic oxidation sites excluding steroid dienone is 2. The molecule has 0 aliphatic carbocycles. The second-order valence-electron chi connectivity index (χ2n) is 6.46. The summed E-state index contributed by atoms with van der Waals surface area (Å²) >= 11 is 0. The number of pyridine rings is 3. The molecular formula is C23H23N5O4. The van der Waals surface area contributed by atoms with Gasteiger partial charge in [0, 0.05) is 40.4 Å². The van der Waals surface area contributed by atoms with Crippen LogP contribution in [0.3, 0.4) is 0 Å². The highest BCUT2D eigenvalue weighted by molar-refractivity contribution is 6.20. The van der Waals surface area contributed by atoms with E-state index in [4.69, 9.17) is 21.8 Å². The van der Waals surface area contributed by atoms with E-state index in [0.29, 0.717) is 45.2 Å². The van der Waals surface area contributed by atoms with Gasteiger partial charge >= 0.3 is 5.88 Å². The van der Waals surface area contributed by atoms with Crippen LogP contribution in [0.25, 0.3) is 21.3 Å². The number of ether oxygens (including phenoxy) is 2. The van der Waals surface area contributed by atoms with Gasteiger partial charge in [-0.1, -0.05) is 23.7 Å². The quantitative estimate of drug-likeness (QED) is 0.363. The standard InChI is InChI=1S/C12H12N2O2.C11H11N3O2/c1-5-9(8(2)15)10-6-7-11(16-4)14-12(10)13-3;1-6(15)8-5-13-11(12)10-7(8)3-4-9(14-10)16-2/h5-7H,1-2,4H3;3-5H,1-2H3,(H2,12,13)/b9-5+;. The Hall–Kier alpha value is -4.32. The fraction of sp³-hybridized carbons (Fsp3) is 0.217. The molecule has 9 heteroatoms. The zero-order valence-electron chi connectivity index (χ0n) is 18.5. The fourth-order valence-corrected chi connectivity index (χ4v) is 2.90. The minimum absolute atomic E-state index is 0.0653. The first-order chi connectivity index (χ1) is 15.3. The minimum atomic E-state index is -0.0839. The summed E-state index contributed by atoms with van der Waals surface area (Å²) < 4.78 is 9.92. The van der Waals surface area contributed by atoms with Gasteiger partial charge in [0.05, 0.1) is 14.2 Å². The first kappa shape index (κ1) is 24.0. The summed E-state index contributed by atoms with van der Waals surface area (Å²) in [6.07, 6.45) is 3.15. The van der Waals surface area contributed by atoms with Gasteiger partial charge < -0.3 is 20.1 Å². The van der Waals surface area contributed by atoms with Gasteiger partial charge in [-0.2, -0.15) is 0 Å². The van der Waals surface area contributed by atoms with E-state index in [2.05, 4.69) is 19.8 Å². The molecule has 0 saturated carbocycles. The summed E-state index contributed by atoms with van der Waals surface area (Å²) in [6.45, 7) is 11.7. The van der Waals surface area contributed by atoms with Gasteiger partial charge in [-0.15, -0.1) is 0 Å². The zero-order valence-corrected chi connectivity index (χ0v) is 18.5. The number of nitrogen functional groups attached to an aromatic ring is 1. The SMILES string of the molecule is COc1ccc2c(C(C)=O)cnc(N)c2n1.[C-]#[N+]c1nc(OC)ccc1/C(=C/C)C(C)=O. The van der Waals surface area contributed by atoms with Crippen molar-refractivity contribution in [3.8, 4) is 11.8 Å². The topological polar surface area (TPSA) is 122 Å². The number of ketones is 2. The number of hydrogen-bond donors (Lipinski definition) is 1. The average molecular weight is 433 g/mol. The second-order valence-corrected chi connectivity index (χ2v) is 6.46. The van der Waals surface area contributed by atoms with Crippen molar-refractivity contribution in [2.24, 2.45) is 0 Å². The number of nitrogens with two attached hydrogens (primary N) is 1. The van der Waals surface area contributed by atoms with E-state index in [9.17, 15) is 9.59 Å². The number of Topliss-reactive ketones (excluding diaryl/α,β-unsaturated/α-hetero) is 2. The van der Waals surface area contributed by atoms with Gasteiger partial charge in [0.1, 0.15) is 11.3 Å². The van der Waals surface area contributed by atoms with E-state index in [1.54, 1.807) is 37.3 Å². The Kier molecular flexibility index (Phi) is 7.96. The Bertz CT molecular complexity index is 1250. The normalized spacial score (nSPS) is 10.6. The molecular weight excluding hydrogens is 410 g/mol. The van der Waals surface area contributed by atoms with Crippen LogP contribution in [0.2, 0.25) is 0 Å². The molecule has 2 N–H and O–H groups in total. The molecule has 0 unspecified atom stereocenters. The van der Waals surface area contributed by atoms with Gasteiger partial charge in [0.15, 0.2) is 11.6 Å². The molecule has 0 fully saturated rings. The number of carbonyl (C=O) groups excluding carboxylic acids is 2. The Morgan fingerprint density at radius 1 is 1.03 bits per heavy atom. The molecule has 0 amide bonds. The molecule has 0 saturated heterocycles. The van der Waals surface area contributed by atoms with Crippen molar-refractivity contribution in [1.82, 2.24) is 15.0 Å². The number of hydrogen-bond acceptors (Lipinski definition) is 8. The summed E-state index contributed by atoms with van der Waals surface area (Å²) in [6, 6.07) is 6.76. The minimum Gasteiger partial charge on any atom is -0.481 e. The van der Waals surface area contributed by atoms with E-state index in [1.807, 2.05) is 0 Å². The molecule has 3 rings (SSSR count). The van der Waals surface area contributed by atoms with Crippen LogP contribution in [0, 0.1) is 6.57 Å². The number of fused-ring (bicyclic) bond motifs is 1. The molecule has 164 valence electrons. The molecule has 0 bridgehead atoms. The van der Waals surface area contributed by atoms with Crippen LogP contribution in [-0.4, -0.2) is 40.7 Å². The molecule has 0 atom stereocenters. The van der Waals surface area contributed by atoms with Crippen LogP contribution in [0.5, 0.6) is 11.8 Å². The number of nitrogens with zero attached hydrogens (tertiary/aromatic N) is 4. The highest BCUT2D eigenvalue weighted by atomic mass is 16.5. The average Bonchev–Trinajstić information content (AvgIpc) is 2.79. The van der Waals surface area contributed by atoms with Crippen LogP contribution in [0.4, 0.5) is 11.6 Å². The molecule has 0 spiro atoms. The number of anilines is 1. The predicted octanol–water partition coefficient (Wildman–Crippen LogP) is 4.06. The van der Waals surface area contributed by atoms with Crippen LogP contribution >= 0.6 is 0 Å². The van der Waals surface area contributed by atoms with Crippen molar-refractivity contribution in [2.45, 2.75) is 20.8 Å². The monoisotopic (exact) mass is 433 g/mol. The van der Waals surface area contributed by atoms with E-state index >= 15 is 0 Å². The summed E-state index contributed by atoms with van der Waals surface area (Å²) in [5.41, 5.74) is 7.76. The number of carbonyl (C=O) groups is 2. The molecule has 3 aromatic heterocycles. The highest BCUT2D eigenvalue weighted by Crippen LogP contribution is 2.27. The first-order valence-electron chi connectivity index (χ1n) is 9.47. The van der Waals surface area contributed by atoms with Crippen molar-refractivity contribution in [2.75, 3.05) is 20.0 Å². The number of methoxy groups -OCH3 is 2. The van der Waals surface area contributed by atoms with Gasteiger partial charge in [-0.3, -0.25) is 9.59 Å². The Labute approximate surface area is 185 Å². The summed E-state index contributed by atoms with van der Waals surface area (Å²) in [5.74, 6) is 1.14. The maximum atomic E-state index is 11.4. The Balaban J connectivity index is 0.000000227. The molecule has 32 heavy (non-hydrogen) atoms. The molecule has 0 aliphatic rings. The van der Waals surface area contributed by atoms with E-state index in [1.165, 1.54) is 34.3 Å². The second kappa shape index (κ2) is 10.6. The zero-order chi connectivity index (χ0) is 23.8. The first-order valence-corrected chi connectivity index (χ1v) is 9.47. The lowest BCUT2D eigenvalue weighted by molar-refractivity contribution is -0.111. The highest BCUT2D eigenvalue weighted by Gasteiger charge is 2.14. The smallest absolute Gasteiger partial charge is 0.308 e. The van der Waals surface area contributed by atoms with Gasteiger partial charge in [0.25, 0.3) is 5.82 Å². The third kappa shape index (κ3) is 5.23. The van der Waals surface area contributed by atoms with Crippen LogP contribution in [0.1, 0.15) is 36.7 Å². The van der Waals surface area contributed by atoms with E-state index in [0.717, 1.165) is 0 Å². The Morgan fingerprint density at radius 2 is 1.66 bits per heavy atom. The summed E-state index contributed by atoms with van der Waals surface area (Å²) in [7, 11) is 3.00. The maximum Gasteiger partial charge on any atom is 0.308 e. The van der Waals surface area contributed by atoms with Gasteiger partial charge in [-0.05, 0) is 26.8 Å². The van der Waals surface area contributed by atoms with Crippen LogP contribution in [0.15, 0.2) is 36.5 Å². The third-order valence-electron chi connectivity index (χ3n) is 4.45. The van der Waals surface area contributed by atoms with E-state index < -0.39 is 0 Å². The molecule has 3 heterocycles. The largest absolute Gasteiger partial charge is 0.481 e.